The van der Waals surface area contributed by atoms with Gasteiger partial charge < -0.3 is 13.6 Å². The number of nitrogens with zero attached hydrogens (tertiary/aromatic N) is 1. The van der Waals surface area contributed by atoms with Gasteiger partial charge in [-0.2, -0.15) is 0 Å². The van der Waals surface area contributed by atoms with Crippen molar-refractivity contribution in [3.05, 3.63) is 88.4 Å². The van der Waals surface area contributed by atoms with Crippen LogP contribution in [0.5, 0.6) is 0 Å². The Morgan fingerprint density at radius 1 is 1.11 bits per heavy atom. The van der Waals surface area contributed by atoms with E-state index >= 15 is 0 Å². The molecule has 2 heterocycles. The number of esters is 1. The molecule has 0 radical (unpaired) electrons. The molecular formula is C20H12FNO5. The summed E-state index contributed by atoms with van der Waals surface area (Å²) in [5, 5.41) is 0.384. The lowest BCUT2D eigenvalue weighted by atomic mass is 10.2. The number of fused-ring (bicyclic) bond motifs is 1. The van der Waals surface area contributed by atoms with Gasteiger partial charge in [0.15, 0.2) is 5.43 Å². The van der Waals surface area contributed by atoms with E-state index in [4.69, 9.17) is 13.6 Å². The lowest BCUT2D eigenvalue weighted by Crippen LogP contribution is -2.10. The summed E-state index contributed by atoms with van der Waals surface area (Å²) in [6, 6.07) is 13.4. The Hall–Kier alpha value is -3.74. The summed E-state index contributed by atoms with van der Waals surface area (Å²) in [6.07, 6.45) is 1.34. The molecule has 134 valence electrons. The molecule has 0 atom stereocenters. The molecule has 0 fully saturated rings. The molecular weight excluding hydrogens is 353 g/mol. The van der Waals surface area contributed by atoms with Crippen molar-refractivity contribution < 1.29 is 22.8 Å². The number of oxazole rings is 1. The third-order valence-electron chi connectivity index (χ3n) is 3.83. The highest BCUT2D eigenvalue weighted by Gasteiger charge is 2.15. The van der Waals surface area contributed by atoms with Gasteiger partial charge in [0.05, 0.1) is 5.39 Å². The Bertz CT molecular complexity index is 1180. The Kier molecular flexibility index (Phi) is 4.25. The first-order valence-electron chi connectivity index (χ1n) is 8.00. The van der Waals surface area contributed by atoms with Crippen molar-refractivity contribution >= 4 is 16.9 Å². The van der Waals surface area contributed by atoms with Crippen molar-refractivity contribution in [2.45, 2.75) is 6.61 Å². The number of carbonyl (C=O) groups is 1. The number of ether oxygens (including phenoxy) is 1. The summed E-state index contributed by atoms with van der Waals surface area (Å²) in [7, 11) is 0. The Morgan fingerprint density at radius 3 is 2.70 bits per heavy atom. The van der Waals surface area contributed by atoms with E-state index in [1.807, 2.05) is 0 Å². The van der Waals surface area contributed by atoms with Crippen LogP contribution in [0.2, 0.25) is 0 Å². The SMILES string of the molecule is O=C(OCc1coc(-c2ccc(F)cc2)n1)c1cc(=O)c2ccccc2o1. The van der Waals surface area contributed by atoms with Gasteiger partial charge in [0.2, 0.25) is 11.7 Å². The molecule has 0 aliphatic heterocycles. The van der Waals surface area contributed by atoms with Gasteiger partial charge in [0, 0.05) is 11.6 Å². The summed E-state index contributed by atoms with van der Waals surface area (Å²) < 4.78 is 28.8. The van der Waals surface area contributed by atoms with Crippen molar-refractivity contribution in [3.63, 3.8) is 0 Å². The second kappa shape index (κ2) is 6.87. The van der Waals surface area contributed by atoms with Crippen molar-refractivity contribution in [2.24, 2.45) is 0 Å². The summed E-state index contributed by atoms with van der Waals surface area (Å²) in [4.78, 5) is 28.4. The molecule has 0 aliphatic rings. The minimum atomic E-state index is -0.788. The zero-order valence-electron chi connectivity index (χ0n) is 13.8. The van der Waals surface area contributed by atoms with E-state index in [1.165, 1.54) is 30.5 Å². The van der Waals surface area contributed by atoms with Crippen LogP contribution >= 0.6 is 0 Å². The maximum atomic E-state index is 13.0. The van der Waals surface area contributed by atoms with Crippen LogP contribution in [-0.4, -0.2) is 11.0 Å². The molecule has 7 heteroatoms. The molecule has 0 bridgehead atoms. The standard InChI is InChI=1S/C20H12FNO5/c21-13-7-5-12(6-8-13)19-22-14(10-25-19)11-26-20(24)18-9-16(23)15-3-1-2-4-17(15)27-18/h1-10H,11H2. The molecule has 2 aromatic heterocycles. The number of para-hydroxylation sites is 1. The fraction of sp³-hybridized carbons (Fsp3) is 0.0500. The van der Waals surface area contributed by atoms with Crippen LogP contribution in [0.15, 0.2) is 74.5 Å². The molecule has 0 amide bonds. The zero-order chi connectivity index (χ0) is 18.8. The number of hydrogen-bond donors (Lipinski definition) is 0. The molecule has 6 nitrogen and oxygen atoms in total. The molecule has 0 N–H and O–H groups in total. The Morgan fingerprint density at radius 2 is 1.89 bits per heavy atom. The molecule has 2 aromatic carbocycles. The topological polar surface area (TPSA) is 82.5 Å². The number of benzene rings is 2. The zero-order valence-corrected chi connectivity index (χ0v) is 13.8. The third kappa shape index (κ3) is 3.48. The molecule has 4 rings (SSSR count). The fourth-order valence-corrected chi connectivity index (χ4v) is 2.51. The second-order valence-electron chi connectivity index (χ2n) is 5.70. The van der Waals surface area contributed by atoms with Crippen molar-refractivity contribution in [1.82, 2.24) is 4.98 Å². The molecule has 27 heavy (non-hydrogen) atoms. The van der Waals surface area contributed by atoms with E-state index in [9.17, 15) is 14.0 Å². The monoisotopic (exact) mass is 365 g/mol. The summed E-state index contributed by atoms with van der Waals surface area (Å²) in [5.74, 6) is -1.07. The van der Waals surface area contributed by atoms with Crippen molar-refractivity contribution in [1.29, 1.82) is 0 Å². The molecule has 0 spiro atoms. The lowest BCUT2D eigenvalue weighted by molar-refractivity contribution is 0.0431. The first kappa shape index (κ1) is 16.7. The molecule has 0 unspecified atom stereocenters. The number of hydrogen-bond acceptors (Lipinski definition) is 6. The molecule has 0 aliphatic carbocycles. The van der Waals surface area contributed by atoms with Crippen LogP contribution in [0.3, 0.4) is 0 Å². The fourth-order valence-electron chi connectivity index (χ4n) is 2.51. The van der Waals surface area contributed by atoms with Crippen molar-refractivity contribution in [3.8, 4) is 11.5 Å². The highest BCUT2D eigenvalue weighted by Crippen LogP contribution is 2.19. The van der Waals surface area contributed by atoms with Gasteiger partial charge in [-0.25, -0.2) is 14.2 Å². The Balaban J connectivity index is 1.48. The van der Waals surface area contributed by atoms with Crippen molar-refractivity contribution in [2.75, 3.05) is 0 Å². The lowest BCUT2D eigenvalue weighted by Gasteiger charge is -2.03. The van der Waals surface area contributed by atoms with E-state index in [-0.39, 0.29) is 29.5 Å². The van der Waals surface area contributed by atoms with Gasteiger partial charge in [-0.05, 0) is 36.4 Å². The predicted molar refractivity (Wildman–Crippen MR) is 93.5 cm³/mol. The van der Waals surface area contributed by atoms with E-state index in [1.54, 1.807) is 24.3 Å². The summed E-state index contributed by atoms with van der Waals surface area (Å²) in [5.41, 5.74) is 0.932. The number of carbonyl (C=O) groups excluding carboxylic acids is 1. The number of aromatic nitrogens is 1. The maximum Gasteiger partial charge on any atom is 0.374 e. The summed E-state index contributed by atoms with van der Waals surface area (Å²) in [6.45, 7) is -0.167. The molecule has 0 saturated carbocycles. The third-order valence-corrected chi connectivity index (χ3v) is 3.83. The van der Waals surface area contributed by atoms with E-state index in [0.717, 1.165) is 6.07 Å². The second-order valence-corrected chi connectivity index (χ2v) is 5.70. The van der Waals surface area contributed by atoms with Gasteiger partial charge >= 0.3 is 5.97 Å². The first-order valence-corrected chi connectivity index (χ1v) is 8.00. The average molecular weight is 365 g/mol. The minimum Gasteiger partial charge on any atom is -0.453 e. The van der Waals surface area contributed by atoms with Crippen LogP contribution in [-0.2, 0) is 11.3 Å². The van der Waals surface area contributed by atoms with E-state index in [0.29, 0.717) is 22.2 Å². The van der Waals surface area contributed by atoms with Gasteiger partial charge in [0.1, 0.15) is 30.0 Å². The average Bonchev–Trinajstić information content (AvgIpc) is 3.15. The van der Waals surface area contributed by atoms with Gasteiger partial charge in [-0.1, -0.05) is 12.1 Å². The summed E-state index contributed by atoms with van der Waals surface area (Å²) >= 11 is 0. The normalized spacial score (nSPS) is 10.9. The van der Waals surface area contributed by atoms with Crippen LogP contribution in [0.4, 0.5) is 4.39 Å². The first-order chi connectivity index (χ1) is 13.1. The largest absolute Gasteiger partial charge is 0.453 e. The van der Waals surface area contributed by atoms with Crippen LogP contribution < -0.4 is 5.43 Å². The predicted octanol–water partition coefficient (Wildman–Crippen LogP) is 3.94. The molecule has 0 saturated heterocycles. The quantitative estimate of drug-likeness (QED) is 0.510. The number of halogens is 1. The van der Waals surface area contributed by atoms with Gasteiger partial charge in [-0.15, -0.1) is 0 Å². The smallest absolute Gasteiger partial charge is 0.374 e. The highest BCUT2D eigenvalue weighted by atomic mass is 19.1. The van der Waals surface area contributed by atoms with E-state index < -0.39 is 5.97 Å². The van der Waals surface area contributed by atoms with Crippen LogP contribution in [0.1, 0.15) is 16.2 Å². The molecule has 4 aromatic rings. The number of rotatable bonds is 4. The minimum absolute atomic E-state index is 0.167. The maximum absolute atomic E-state index is 13.0. The van der Waals surface area contributed by atoms with E-state index in [2.05, 4.69) is 4.98 Å². The van der Waals surface area contributed by atoms with Gasteiger partial charge in [-0.3, -0.25) is 4.79 Å². The van der Waals surface area contributed by atoms with Crippen LogP contribution in [0.25, 0.3) is 22.4 Å². The highest BCUT2D eigenvalue weighted by molar-refractivity contribution is 5.88. The van der Waals surface area contributed by atoms with Gasteiger partial charge in [0.25, 0.3) is 0 Å². The Labute approximate surface area is 151 Å². The van der Waals surface area contributed by atoms with Crippen LogP contribution in [0, 0.1) is 5.82 Å².